The van der Waals surface area contributed by atoms with Crippen LogP contribution in [-0.4, -0.2) is 50.0 Å². The van der Waals surface area contributed by atoms with E-state index >= 15 is 0 Å². The molecule has 1 atom stereocenters. The molecule has 0 bridgehead atoms. The number of amides is 2. The maximum Gasteiger partial charge on any atom is 0.244 e. The first-order valence-electron chi connectivity index (χ1n) is 13.2. The van der Waals surface area contributed by atoms with E-state index < -0.39 is 28.5 Å². The van der Waals surface area contributed by atoms with Crippen LogP contribution in [0.1, 0.15) is 36.8 Å². The zero-order chi connectivity index (χ0) is 28.7. The van der Waals surface area contributed by atoms with E-state index in [0.29, 0.717) is 16.6 Å². The molecule has 2 amide bonds. The molecule has 1 saturated carbocycles. The summed E-state index contributed by atoms with van der Waals surface area (Å²) in [6.07, 6.45) is 5.32. The number of hydrogen-bond acceptors (Lipinski definition) is 4. The highest BCUT2D eigenvalue weighted by Gasteiger charge is 2.34. The molecule has 0 unspecified atom stereocenters. The first kappa shape index (κ1) is 30.3. The van der Waals surface area contributed by atoms with Gasteiger partial charge in [0.25, 0.3) is 0 Å². The Morgan fingerprint density at radius 2 is 1.52 bits per heavy atom. The van der Waals surface area contributed by atoms with E-state index in [1.165, 1.54) is 4.90 Å². The number of nitrogens with one attached hydrogen (secondary N) is 1. The van der Waals surface area contributed by atoms with E-state index in [-0.39, 0.29) is 18.5 Å². The molecule has 40 heavy (non-hydrogen) atoms. The van der Waals surface area contributed by atoms with Gasteiger partial charge >= 0.3 is 0 Å². The van der Waals surface area contributed by atoms with Crippen LogP contribution in [-0.2, 0) is 32.6 Å². The molecule has 0 saturated heterocycles. The Kier molecular flexibility index (Phi) is 10.4. The summed E-state index contributed by atoms with van der Waals surface area (Å²) >= 11 is 6.87. The van der Waals surface area contributed by atoms with E-state index in [0.717, 1.165) is 51.8 Å². The van der Waals surface area contributed by atoms with E-state index in [9.17, 15) is 18.0 Å². The molecule has 4 rings (SSSR count). The normalized spacial score (nSPS) is 14.5. The molecule has 1 fully saturated rings. The van der Waals surface area contributed by atoms with Crippen LogP contribution in [0.4, 0.5) is 5.69 Å². The van der Waals surface area contributed by atoms with Crippen LogP contribution in [0.25, 0.3) is 0 Å². The van der Waals surface area contributed by atoms with Gasteiger partial charge < -0.3 is 10.2 Å². The highest BCUT2D eigenvalue weighted by atomic mass is 79.9. The van der Waals surface area contributed by atoms with Gasteiger partial charge in [0.15, 0.2) is 0 Å². The van der Waals surface area contributed by atoms with Crippen LogP contribution >= 0.6 is 31.9 Å². The van der Waals surface area contributed by atoms with Gasteiger partial charge in [0.1, 0.15) is 12.6 Å². The lowest BCUT2D eigenvalue weighted by Gasteiger charge is -2.34. The number of carbonyl (C=O) groups is 2. The average molecular weight is 691 g/mol. The Bertz CT molecular complexity index is 1410. The summed E-state index contributed by atoms with van der Waals surface area (Å²) in [6.45, 7) is -0.296. The lowest BCUT2D eigenvalue weighted by Crippen LogP contribution is -2.54. The highest BCUT2D eigenvalue weighted by Crippen LogP contribution is 2.28. The number of rotatable bonds is 11. The number of benzene rings is 3. The summed E-state index contributed by atoms with van der Waals surface area (Å²) in [5, 5.41) is 3.17. The van der Waals surface area contributed by atoms with Crippen molar-refractivity contribution in [3.8, 4) is 0 Å². The topological polar surface area (TPSA) is 86.8 Å². The van der Waals surface area contributed by atoms with Gasteiger partial charge in [-0.3, -0.25) is 13.9 Å². The zero-order valence-corrected chi connectivity index (χ0v) is 26.3. The fourth-order valence-electron chi connectivity index (χ4n) is 4.96. The van der Waals surface area contributed by atoms with Gasteiger partial charge in [-0.05, 0) is 64.2 Å². The van der Waals surface area contributed by atoms with Crippen molar-refractivity contribution in [3.05, 3.63) is 98.9 Å². The lowest BCUT2D eigenvalue weighted by molar-refractivity contribution is -0.140. The van der Waals surface area contributed by atoms with Gasteiger partial charge in [-0.15, -0.1) is 0 Å². The van der Waals surface area contributed by atoms with Crippen LogP contribution in [0, 0.1) is 0 Å². The number of anilines is 1. The Morgan fingerprint density at radius 3 is 2.15 bits per heavy atom. The molecule has 0 radical (unpaired) electrons. The van der Waals surface area contributed by atoms with Crippen LogP contribution in [0.3, 0.4) is 0 Å². The molecular weight excluding hydrogens is 658 g/mol. The third-order valence-electron chi connectivity index (χ3n) is 7.04. The van der Waals surface area contributed by atoms with Crippen LogP contribution in [0.5, 0.6) is 0 Å². The molecule has 1 N–H and O–H groups in total. The number of halogens is 2. The smallest absolute Gasteiger partial charge is 0.244 e. The fraction of sp³-hybridized carbons (Fsp3) is 0.333. The largest absolute Gasteiger partial charge is 0.352 e. The van der Waals surface area contributed by atoms with E-state index in [1.807, 2.05) is 54.6 Å². The monoisotopic (exact) mass is 689 g/mol. The molecule has 3 aromatic rings. The second-order valence-electron chi connectivity index (χ2n) is 10.1. The summed E-state index contributed by atoms with van der Waals surface area (Å²) in [7, 11) is -3.82. The Balaban J connectivity index is 1.72. The van der Waals surface area contributed by atoms with Gasteiger partial charge in [0, 0.05) is 28.0 Å². The molecule has 212 valence electrons. The van der Waals surface area contributed by atoms with Crippen molar-refractivity contribution in [2.24, 2.45) is 0 Å². The minimum Gasteiger partial charge on any atom is -0.352 e. The standard InChI is InChI=1S/C30H33Br2N3O4S/c1-40(38,39)35(27-14-8-7-13-26(27)32)21-29(36)34(20-23-15-17-24(31)18-16-23)28(19-22-9-3-2-4-10-22)30(37)33-25-11-5-6-12-25/h2-4,7-10,13-18,25,28H,5-6,11-12,19-21H2,1H3,(H,33,37)/t28-/m1/s1. The summed E-state index contributed by atoms with van der Waals surface area (Å²) in [5.41, 5.74) is 2.10. The summed E-state index contributed by atoms with van der Waals surface area (Å²) in [6, 6.07) is 23.2. The van der Waals surface area contributed by atoms with Crippen molar-refractivity contribution in [2.75, 3.05) is 17.1 Å². The van der Waals surface area contributed by atoms with Crippen molar-refractivity contribution >= 4 is 59.4 Å². The number of nitrogens with zero attached hydrogens (tertiary/aromatic N) is 2. The van der Waals surface area contributed by atoms with Crippen molar-refractivity contribution in [3.63, 3.8) is 0 Å². The Hall–Kier alpha value is -2.69. The summed E-state index contributed by atoms with van der Waals surface area (Å²) < 4.78 is 28.4. The molecule has 1 aliphatic carbocycles. The first-order valence-corrected chi connectivity index (χ1v) is 16.7. The quantitative estimate of drug-likeness (QED) is 0.281. The predicted octanol–water partition coefficient (Wildman–Crippen LogP) is 5.68. The average Bonchev–Trinajstić information content (AvgIpc) is 3.43. The number of carbonyl (C=O) groups excluding carboxylic acids is 2. The SMILES string of the molecule is CS(=O)(=O)N(CC(=O)N(Cc1ccc(Br)cc1)[C@H](Cc1ccccc1)C(=O)NC1CCCC1)c1ccccc1Br. The maximum absolute atomic E-state index is 14.1. The Labute approximate surface area is 253 Å². The number of hydrogen-bond donors (Lipinski definition) is 1. The maximum atomic E-state index is 14.1. The minimum absolute atomic E-state index is 0.0724. The highest BCUT2D eigenvalue weighted by molar-refractivity contribution is 9.10. The van der Waals surface area contributed by atoms with Crippen molar-refractivity contribution in [2.45, 2.75) is 50.7 Å². The van der Waals surface area contributed by atoms with Crippen LogP contribution in [0.15, 0.2) is 87.8 Å². The van der Waals surface area contributed by atoms with E-state index in [2.05, 4.69) is 37.2 Å². The third kappa shape index (κ3) is 8.17. The molecular formula is C30H33Br2N3O4S. The van der Waals surface area contributed by atoms with Gasteiger partial charge in [-0.25, -0.2) is 8.42 Å². The minimum atomic E-state index is -3.82. The summed E-state index contributed by atoms with van der Waals surface area (Å²) in [5.74, 6) is -0.695. The second-order valence-corrected chi connectivity index (χ2v) is 13.7. The van der Waals surface area contributed by atoms with E-state index in [1.54, 1.807) is 24.3 Å². The molecule has 3 aromatic carbocycles. The Morgan fingerprint density at radius 1 is 0.900 bits per heavy atom. The fourth-order valence-corrected chi connectivity index (χ4v) is 6.70. The zero-order valence-electron chi connectivity index (χ0n) is 22.3. The van der Waals surface area contributed by atoms with Gasteiger partial charge in [-0.2, -0.15) is 0 Å². The van der Waals surface area contributed by atoms with E-state index in [4.69, 9.17) is 0 Å². The number of sulfonamides is 1. The number of para-hydroxylation sites is 1. The molecule has 0 heterocycles. The summed E-state index contributed by atoms with van der Waals surface area (Å²) in [4.78, 5) is 29.5. The molecule has 10 heteroatoms. The van der Waals surface area contributed by atoms with Crippen LogP contribution in [0.2, 0.25) is 0 Å². The van der Waals surface area contributed by atoms with Crippen molar-refractivity contribution in [1.29, 1.82) is 0 Å². The predicted molar refractivity (Wildman–Crippen MR) is 165 cm³/mol. The lowest BCUT2D eigenvalue weighted by atomic mass is 10.0. The molecule has 7 nitrogen and oxygen atoms in total. The molecule has 1 aliphatic rings. The third-order valence-corrected chi connectivity index (χ3v) is 9.36. The van der Waals surface area contributed by atoms with Crippen molar-refractivity contribution < 1.29 is 18.0 Å². The van der Waals surface area contributed by atoms with Crippen molar-refractivity contribution in [1.82, 2.24) is 10.2 Å². The van der Waals surface area contributed by atoms with Crippen LogP contribution < -0.4 is 9.62 Å². The second kappa shape index (κ2) is 13.8. The molecule has 0 aliphatic heterocycles. The first-order chi connectivity index (χ1) is 19.1. The molecule has 0 aromatic heterocycles. The molecule has 0 spiro atoms. The van der Waals surface area contributed by atoms with Gasteiger partial charge in [0.2, 0.25) is 21.8 Å². The van der Waals surface area contributed by atoms with Gasteiger partial charge in [0.05, 0.1) is 11.9 Å². The van der Waals surface area contributed by atoms with Gasteiger partial charge in [-0.1, -0.05) is 83.4 Å².